The molecule has 0 heterocycles. The van der Waals surface area contributed by atoms with Gasteiger partial charge in [0, 0.05) is 0 Å². The predicted octanol–water partition coefficient (Wildman–Crippen LogP) is 1.38. The van der Waals surface area contributed by atoms with E-state index in [1.807, 2.05) is 21.0 Å². The fraction of sp³-hybridized carbons (Fsp3) is 0.667. The van der Waals surface area contributed by atoms with Crippen molar-refractivity contribution in [1.82, 2.24) is 0 Å². The smallest absolute Gasteiger partial charge is 0.211 e. The van der Waals surface area contributed by atoms with Gasteiger partial charge in [-0.15, -0.1) is 0 Å². The molecule has 0 aliphatic carbocycles. The number of hydrogen-bond donors (Lipinski definition) is 0. The fourth-order valence-electron chi connectivity index (χ4n) is 0.978. The standard InChI is InChI=1S/C9H17ClNO2/c1-5-9(12)8(2)11(3,4)6-7-13-10/h5,8H,1,6-7H2,2-4H3/q+1. The van der Waals surface area contributed by atoms with Crippen molar-refractivity contribution in [3.8, 4) is 0 Å². The molecule has 0 radical (unpaired) electrons. The summed E-state index contributed by atoms with van der Waals surface area (Å²) in [6.07, 6.45) is 1.35. The van der Waals surface area contributed by atoms with Crippen molar-refractivity contribution in [2.24, 2.45) is 0 Å². The number of carbonyl (C=O) groups is 1. The Morgan fingerprint density at radius 1 is 1.69 bits per heavy atom. The molecule has 0 aliphatic heterocycles. The summed E-state index contributed by atoms with van der Waals surface area (Å²) in [7, 11) is 3.92. The van der Waals surface area contributed by atoms with E-state index in [9.17, 15) is 4.79 Å². The summed E-state index contributed by atoms with van der Waals surface area (Å²) in [5.41, 5.74) is 0. The molecule has 0 saturated heterocycles. The summed E-state index contributed by atoms with van der Waals surface area (Å²) >= 11 is 5.11. The highest BCUT2D eigenvalue weighted by Gasteiger charge is 2.28. The van der Waals surface area contributed by atoms with Gasteiger partial charge in [0.1, 0.15) is 19.2 Å². The average Bonchev–Trinajstić information content (AvgIpc) is 2.12. The van der Waals surface area contributed by atoms with Crippen LogP contribution in [0.15, 0.2) is 12.7 Å². The summed E-state index contributed by atoms with van der Waals surface area (Å²) < 4.78 is 5.01. The lowest BCUT2D eigenvalue weighted by Gasteiger charge is -2.34. The molecular formula is C9H17ClNO2+. The summed E-state index contributed by atoms with van der Waals surface area (Å²) in [4.78, 5) is 11.3. The van der Waals surface area contributed by atoms with Gasteiger partial charge in [0.05, 0.1) is 26.0 Å². The van der Waals surface area contributed by atoms with Crippen LogP contribution in [0, 0.1) is 0 Å². The van der Waals surface area contributed by atoms with Crippen molar-refractivity contribution >= 4 is 17.6 Å². The molecular weight excluding hydrogens is 190 g/mol. The first kappa shape index (κ1) is 12.6. The van der Waals surface area contributed by atoms with Gasteiger partial charge >= 0.3 is 0 Å². The van der Waals surface area contributed by atoms with Crippen LogP contribution in [0.1, 0.15) is 6.92 Å². The van der Waals surface area contributed by atoms with Gasteiger partial charge in [0.25, 0.3) is 0 Å². The number of carbonyl (C=O) groups excluding carboxylic acids is 1. The second-order valence-corrected chi connectivity index (χ2v) is 3.82. The van der Waals surface area contributed by atoms with Crippen LogP contribution in [0.2, 0.25) is 0 Å². The first-order chi connectivity index (χ1) is 5.95. The molecule has 1 unspecified atom stereocenters. The first-order valence-corrected chi connectivity index (χ1v) is 4.49. The van der Waals surface area contributed by atoms with E-state index in [0.717, 1.165) is 0 Å². The lowest BCUT2D eigenvalue weighted by molar-refractivity contribution is -0.903. The number of nitrogens with zero attached hydrogens (tertiary/aromatic N) is 1. The topological polar surface area (TPSA) is 26.3 Å². The Labute approximate surface area is 84.7 Å². The van der Waals surface area contributed by atoms with Crippen molar-refractivity contribution < 1.29 is 13.6 Å². The van der Waals surface area contributed by atoms with Gasteiger partial charge in [0.2, 0.25) is 5.78 Å². The molecule has 0 aromatic heterocycles. The zero-order valence-corrected chi connectivity index (χ0v) is 9.17. The Balaban J connectivity index is 4.25. The number of hydrogen-bond acceptors (Lipinski definition) is 2. The van der Waals surface area contributed by atoms with E-state index < -0.39 is 0 Å². The third-order valence-corrected chi connectivity index (χ3v) is 2.56. The van der Waals surface area contributed by atoms with Gasteiger partial charge in [-0.2, -0.15) is 0 Å². The highest BCUT2D eigenvalue weighted by Crippen LogP contribution is 2.07. The molecule has 0 aromatic carbocycles. The SMILES string of the molecule is C=CC(=O)C(C)[N+](C)(C)CCOCl. The zero-order valence-electron chi connectivity index (χ0n) is 8.42. The van der Waals surface area contributed by atoms with Crippen LogP contribution in [0.4, 0.5) is 0 Å². The third kappa shape index (κ3) is 3.89. The number of halogens is 1. The molecule has 76 valence electrons. The highest BCUT2D eigenvalue weighted by atomic mass is 35.5. The minimum atomic E-state index is -0.107. The van der Waals surface area contributed by atoms with E-state index in [1.54, 1.807) is 0 Å². The summed E-state index contributed by atoms with van der Waals surface area (Å²) in [6, 6.07) is -0.107. The summed E-state index contributed by atoms with van der Waals surface area (Å²) in [5, 5.41) is 0. The molecule has 0 amide bonds. The van der Waals surface area contributed by atoms with E-state index in [-0.39, 0.29) is 11.8 Å². The second-order valence-electron chi connectivity index (χ2n) is 3.60. The maximum absolute atomic E-state index is 11.3. The first-order valence-electron chi connectivity index (χ1n) is 4.18. The lowest BCUT2D eigenvalue weighted by Crippen LogP contribution is -2.52. The fourth-order valence-corrected chi connectivity index (χ4v) is 1.05. The van der Waals surface area contributed by atoms with E-state index >= 15 is 0 Å². The molecule has 13 heavy (non-hydrogen) atoms. The predicted molar refractivity (Wildman–Crippen MR) is 53.4 cm³/mol. The Hall–Kier alpha value is -0.380. The summed E-state index contributed by atoms with van der Waals surface area (Å²) in [6.45, 7) is 6.46. The molecule has 3 nitrogen and oxygen atoms in total. The van der Waals surface area contributed by atoms with E-state index in [4.69, 9.17) is 11.9 Å². The molecule has 0 saturated carbocycles. The number of likely N-dealkylation sites (N-methyl/N-ethyl adjacent to an activating group) is 1. The van der Waals surface area contributed by atoms with Crippen LogP contribution in [-0.4, -0.2) is 43.6 Å². The molecule has 0 aromatic rings. The molecule has 4 heteroatoms. The van der Waals surface area contributed by atoms with Crippen LogP contribution in [-0.2, 0) is 9.08 Å². The monoisotopic (exact) mass is 206 g/mol. The van der Waals surface area contributed by atoms with Gasteiger partial charge in [-0.25, -0.2) is 0 Å². The normalized spacial score (nSPS) is 13.8. The number of quaternary nitrogens is 1. The Kier molecular flexibility index (Phi) is 5.21. The Morgan fingerprint density at radius 3 is 2.62 bits per heavy atom. The van der Waals surface area contributed by atoms with Crippen molar-refractivity contribution in [2.45, 2.75) is 13.0 Å². The summed E-state index contributed by atoms with van der Waals surface area (Å²) in [5.74, 6) is 0.0413. The molecule has 1 atom stereocenters. The van der Waals surface area contributed by atoms with E-state index in [2.05, 4.69) is 10.9 Å². The van der Waals surface area contributed by atoms with Crippen LogP contribution in [0.25, 0.3) is 0 Å². The zero-order chi connectivity index (χ0) is 10.5. The molecule has 0 aliphatic rings. The van der Waals surface area contributed by atoms with Crippen molar-refractivity contribution in [1.29, 1.82) is 0 Å². The van der Waals surface area contributed by atoms with Crippen molar-refractivity contribution in [2.75, 3.05) is 27.2 Å². The largest absolute Gasteiger partial charge is 0.318 e. The molecule has 0 spiro atoms. The van der Waals surface area contributed by atoms with Gasteiger partial charge in [-0.3, -0.25) is 9.08 Å². The van der Waals surface area contributed by atoms with Crippen LogP contribution >= 0.6 is 11.9 Å². The molecule has 0 rings (SSSR count). The maximum atomic E-state index is 11.3. The van der Waals surface area contributed by atoms with E-state index in [1.165, 1.54) is 6.08 Å². The Morgan fingerprint density at radius 2 is 2.23 bits per heavy atom. The number of rotatable bonds is 6. The van der Waals surface area contributed by atoms with Crippen LogP contribution in [0.3, 0.4) is 0 Å². The van der Waals surface area contributed by atoms with Crippen LogP contribution < -0.4 is 0 Å². The highest BCUT2D eigenvalue weighted by molar-refractivity contribution is 6.07. The van der Waals surface area contributed by atoms with Crippen LogP contribution in [0.5, 0.6) is 0 Å². The maximum Gasteiger partial charge on any atom is 0.211 e. The van der Waals surface area contributed by atoms with Crippen molar-refractivity contribution in [3.05, 3.63) is 12.7 Å². The van der Waals surface area contributed by atoms with Gasteiger partial charge in [-0.05, 0) is 13.0 Å². The van der Waals surface area contributed by atoms with Gasteiger partial charge < -0.3 is 4.48 Å². The Bertz CT molecular complexity index is 192. The van der Waals surface area contributed by atoms with Gasteiger partial charge in [0.15, 0.2) is 0 Å². The molecule has 0 fully saturated rings. The minimum Gasteiger partial charge on any atom is -0.318 e. The minimum absolute atomic E-state index is 0.0413. The van der Waals surface area contributed by atoms with Gasteiger partial charge in [-0.1, -0.05) is 6.58 Å². The third-order valence-electron chi connectivity index (χ3n) is 2.41. The van der Waals surface area contributed by atoms with Crippen molar-refractivity contribution in [3.63, 3.8) is 0 Å². The van der Waals surface area contributed by atoms with E-state index in [0.29, 0.717) is 17.6 Å². The average molecular weight is 207 g/mol. The lowest BCUT2D eigenvalue weighted by atomic mass is 10.1. The second kappa shape index (κ2) is 5.37. The number of ketones is 1. The molecule has 0 N–H and O–H groups in total. The quantitative estimate of drug-likeness (QED) is 0.485. The molecule has 0 bridgehead atoms.